The standard InChI is InChI=1S/C13H10N2O2/c1-14-13-11-10(6-7-15-13)17-9-5-3-2-4-8(9)12(11)16/h2-7H,1H3,(H,14,15). The maximum absolute atomic E-state index is 12.3. The van der Waals surface area contributed by atoms with Crippen LogP contribution >= 0.6 is 0 Å². The lowest BCUT2D eigenvalue weighted by molar-refractivity contribution is 0.659. The Morgan fingerprint density at radius 3 is 2.82 bits per heavy atom. The molecule has 1 N–H and O–H groups in total. The van der Waals surface area contributed by atoms with Crippen LogP contribution in [0.2, 0.25) is 0 Å². The van der Waals surface area contributed by atoms with Gasteiger partial charge in [-0.25, -0.2) is 4.98 Å². The molecule has 0 atom stereocenters. The number of hydrogen-bond donors (Lipinski definition) is 1. The smallest absolute Gasteiger partial charge is 0.204 e. The molecule has 3 rings (SSSR count). The van der Waals surface area contributed by atoms with Gasteiger partial charge >= 0.3 is 0 Å². The molecule has 3 aromatic rings. The second-order valence-electron chi connectivity index (χ2n) is 3.71. The SMILES string of the molecule is CNc1nccc2oc3ccccc3c(=O)c12. The Labute approximate surface area is 96.9 Å². The quantitative estimate of drug-likeness (QED) is 0.647. The molecule has 2 heterocycles. The van der Waals surface area contributed by atoms with E-state index in [0.717, 1.165) is 0 Å². The molecule has 0 radical (unpaired) electrons. The topological polar surface area (TPSA) is 55.1 Å². The molecule has 0 bridgehead atoms. The van der Waals surface area contributed by atoms with Gasteiger partial charge in [-0.1, -0.05) is 12.1 Å². The Hall–Kier alpha value is -2.36. The van der Waals surface area contributed by atoms with Gasteiger partial charge in [-0.15, -0.1) is 0 Å². The second-order valence-corrected chi connectivity index (χ2v) is 3.71. The zero-order valence-corrected chi connectivity index (χ0v) is 9.23. The largest absolute Gasteiger partial charge is 0.456 e. The summed E-state index contributed by atoms with van der Waals surface area (Å²) in [5.74, 6) is 0.544. The second kappa shape index (κ2) is 3.59. The minimum atomic E-state index is -0.0562. The van der Waals surface area contributed by atoms with Crippen molar-refractivity contribution in [1.82, 2.24) is 4.98 Å². The van der Waals surface area contributed by atoms with E-state index in [4.69, 9.17) is 4.42 Å². The van der Waals surface area contributed by atoms with E-state index in [0.29, 0.717) is 27.8 Å². The van der Waals surface area contributed by atoms with Crippen molar-refractivity contribution >= 4 is 27.8 Å². The van der Waals surface area contributed by atoms with Crippen molar-refractivity contribution in [2.75, 3.05) is 12.4 Å². The Bertz CT molecular complexity index is 762. The maximum Gasteiger partial charge on any atom is 0.204 e. The summed E-state index contributed by atoms with van der Waals surface area (Å²) in [6.45, 7) is 0. The molecular formula is C13H10N2O2. The summed E-state index contributed by atoms with van der Waals surface area (Å²) < 4.78 is 5.69. The Kier molecular flexibility index (Phi) is 2.08. The lowest BCUT2D eigenvalue weighted by atomic mass is 10.1. The highest BCUT2D eigenvalue weighted by atomic mass is 16.3. The van der Waals surface area contributed by atoms with Crippen molar-refractivity contribution in [3.05, 3.63) is 46.8 Å². The summed E-state index contributed by atoms with van der Waals surface area (Å²) in [5.41, 5.74) is 1.09. The monoisotopic (exact) mass is 226 g/mol. The number of anilines is 1. The zero-order valence-electron chi connectivity index (χ0n) is 9.23. The average molecular weight is 226 g/mol. The number of nitrogens with one attached hydrogen (secondary N) is 1. The van der Waals surface area contributed by atoms with Crippen LogP contribution in [0.25, 0.3) is 21.9 Å². The van der Waals surface area contributed by atoms with Crippen LogP contribution in [0, 0.1) is 0 Å². The number of benzene rings is 1. The van der Waals surface area contributed by atoms with Gasteiger partial charge in [-0.3, -0.25) is 4.79 Å². The predicted molar refractivity (Wildman–Crippen MR) is 67.3 cm³/mol. The van der Waals surface area contributed by atoms with E-state index in [1.165, 1.54) is 0 Å². The van der Waals surface area contributed by atoms with Crippen LogP contribution in [-0.2, 0) is 0 Å². The van der Waals surface area contributed by atoms with Crippen molar-refractivity contribution in [1.29, 1.82) is 0 Å². The van der Waals surface area contributed by atoms with E-state index in [9.17, 15) is 4.79 Å². The van der Waals surface area contributed by atoms with Crippen LogP contribution in [0.5, 0.6) is 0 Å². The first-order valence-corrected chi connectivity index (χ1v) is 5.29. The summed E-state index contributed by atoms with van der Waals surface area (Å²) in [6, 6.07) is 8.91. The minimum Gasteiger partial charge on any atom is -0.456 e. The third-order valence-corrected chi connectivity index (χ3v) is 2.73. The average Bonchev–Trinajstić information content (AvgIpc) is 2.38. The first-order chi connectivity index (χ1) is 8.31. The number of nitrogens with zero attached hydrogens (tertiary/aromatic N) is 1. The van der Waals surface area contributed by atoms with Crippen LogP contribution in [0.4, 0.5) is 5.82 Å². The van der Waals surface area contributed by atoms with Crippen LogP contribution in [0.3, 0.4) is 0 Å². The molecule has 0 saturated carbocycles. The molecule has 0 amide bonds. The van der Waals surface area contributed by atoms with Crippen LogP contribution in [0.15, 0.2) is 45.7 Å². The highest BCUT2D eigenvalue weighted by Gasteiger charge is 2.10. The molecular weight excluding hydrogens is 216 g/mol. The Morgan fingerprint density at radius 1 is 1.18 bits per heavy atom. The highest BCUT2D eigenvalue weighted by Crippen LogP contribution is 2.21. The number of rotatable bonds is 1. The third-order valence-electron chi connectivity index (χ3n) is 2.73. The van der Waals surface area contributed by atoms with Crippen molar-refractivity contribution in [3.8, 4) is 0 Å². The number of para-hydroxylation sites is 1. The minimum absolute atomic E-state index is 0.0562. The molecule has 0 spiro atoms. The lowest BCUT2D eigenvalue weighted by Crippen LogP contribution is -2.06. The molecule has 0 fully saturated rings. The fourth-order valence-electron chi connectivity index (χ4n) is 1.93. The molecule has 4 nitrogen and oxygen atoms in total. The van der Waals surface area contributed by atoms with E-state index in [-0.39, 0.29) is 5.43 Å². The Morgan fingerprint density at radius 2 is 2.00 bits per heavy atom. The summed E-state index contributed by atoms with van der Waals surface area (Å²) in [5, 5.41) is 3.97. The molecule has 0 saturated heterocycles. The first-order valence-electron chi connectivity index (χ1n) is 5.29. The number of hydrogen-bond acceptors (Lipinski definition) is 4. The summed E-state index contributed by atoms with van der Waals surface area (Å²) in [4.78, 5) is 16.4. The van der Waals surface area contributed by atoms with Gasteiger partial charge in [0.2, 0.25) is 5.43 Å². The van der Waals surface area contributed by atoms with Crippen LogP contribution in [0.1, 0.15) is 0 Å². The molecule has 0 unspecified atom stereocenters. The summed E-state index contributed by atoms with van der Waals surface area (Å²) >= 11 is 0. The maximum atomic E-state index is 12.3. The van der Waals surface area contributed by atoms with Gasteiger partial charge in [0.15, 0.2) is 0 Å². The molecule has 1 aromatic carbocycles. The van der Waals surface area contributed by atoms with Crippen LogP contribution in [-0.4, -0.2) is 12.0 Å². The van der Waals surface area contributed by atoms with Crippen molar-refractivity contribution in [3.63, 3.8) is 0 Å². The van der Waals surface area contributed by atoms with E-state index in [1.54, 1.807) is 31.4 Å². The molecule has 4 heteroatoms. The van der Waals surface area contributed by atoms with Crippen molar-refractivity contribution < 1.29 is 4.42 Å². The molecule has 17 heavy (non-hydrogen) atoms. The molecule has 0 aliphatic carbocycles. The summed E-state index contributed by atoms with van der Waals surface area (Å²) in [7, 11) is 1.73. The molecule has 0 aliphatic heterocycles. The van der Waals surface area contributed by atoms with Gasteiger partial charge in [0.05, 0.1) is 5.39 Å². The molecule has 0 aliphatic rings. The van der Waals surface area contributed by atoms with Gasteiger partial charge < -0.3 is 9.73 Å². The van der Waals surface area contributed by atoms with E-state index in [1.807, 2.05) is 12.1 Å². The van der Waals surface area contributed by atoms with Gasteiger partial charge in [0.25, 0.3) is 0 Å². The van der Waals surface area contributed by atoms with Gasteiger partial charge in [0.1, 0.15) is 22.4 Å². The van der Waals surface area contributed by atoms with Crippen molar-refractivity contribution in [2.24, 2.45) is 0 Å². The molecule has 2 aromatic heterocycles. The number of fused-ring (bicyclic) bond motifs is 2. The normalized spacial score (nSPS) is 10.9. The fraction of sp³-hybridized carbons (Fsp3) is 0.0769. The van der Waals surface area contributed by atoms with Gasteiger partial charge in [-0.05, 0) is 12.1 Å². The van der Waals surface area contributed by atoms with E-state index >= 15 is 0 Å². The van der Waals surface area contributed by atoms with E-state index in [2.05, 4.69) is 10.3 Å². The van der Waals surface area contributed by atoms with Gasteiger partial charge in [0, 0.05) is 19.3 Å². The predicted octanol–water partition coefficient (Wildman–Crippen LogP) is 2.38. The van der Waals surface area contributed by atoms with Crippen LogP contribution < -0.4 is 10.7 Å². The Balaban J connectivity index is 2.60. The lowest BCUT2D eigenvalue weighted by Gasteiger charge is -2.04. The van der Waals surface area contributed by atoms with Gasteiger partial charge in [-0.2, -0.15) is 0 Å². The van der Waals surface area contributed by atoms with E-state index < -0.39 is 0 Å². The molecule has 84 valence electrons. The summed E-state index contributed by atoms with van der Waals surface area (Å²) in [6.07, 6.45) is 1.62. The highest BCUT2D eigenvalue weighted by molar-refractivity contribution is 5.95. The number of pyridine rings is 1. The fourth-order valence-corrected chi connectivity index (χ4v) is 1.93. The van der Waals surface area contributed by atoms with Crippen molar-refractivity contribution in [2.45, 2.75) is 0 Å². The number of aromatic nitrogens is 1. The zero-order chi connectivity index (χ0) is 11.8. The first kappa shape index (κ1) is 9.84. The third kappa shape index (κ3) is 1.38.